The Morgan fingerprint density at radius 3 is 2.83 bits per heavy atom. The molecule has 1 aromatic heterocycles. The molecule has 0 bridgehead atoms. The van der Waals surface area contributed by atoms with Crippen LogP contribution in [0.15, 0.2) is 16.8 Å². The quantitative estimate of drug-likeness (QED) is 0.820. The fourth-order valence-electron chi connectivity index (χ4n) is 3.98. The van der Waals surface area contributed by atoms with E-state index in [1.54, 1.807) is 23.1 Å². The monoisotopic (exact) mass is 365 g/mol. The Hall–Kier alpha value is -1.05. The van der Waals surface area contributed by atoms with Gasteiger partial charge in [0.1, 0.15) is 6.04 Å². The molecule has 3 fully saturated rings. The Morgan fingerprint density at radius 1 is 1.33 bits per heavy atom. The molecule has 24 heavy (non-hydrogen) atoms. The lowest BCUT2D eigenvalue weighted by Crippen LogP contribution is -2.56. The number of carbonyl (C=O) groups is 2. The van der Waals surface area contributed by atoms with Crippen molar-refractivity contribution in [1.29, 1.82) is 0 Å². The highest BCUT2D eigenvalue weighted by molar-refractivity contribution is 8.01. The molecule has 0 aliphatic carbocycles. The predicted octanol–water partition coefficient (Wildman–Crippen LogP) is 1.85. The van der Waals surface area contributed by atoms with Gasteiger partial charge in [0.15, 0.2) is 0 Å². The minimum absolute atomic E-state index is 0.150. The average molecular weight is 366 g/mol. The molecule has 2 amide bonds. The van der Waals surface area contributed by atoms with Crippen LogP contribution in [-0.2, 0) is 16.1 Å². The zero-order chi connectivity index (χ0) is 16.7. The highest BCUT2D eigenvalue weighted by Gasteiger charge is 2.53. The topological polar surface area (TPSA) is 43.9 Å². The smallest absolute Gasteiger partial charge is 0.246 e. The minimum atomic E-state index is -0.251. The van der Waals surface area contributed by atoms with E-state index in [2.05, 4.69) is 28.7 Å². The molecule has 0 saturated carbocycles. The van der Waals surface area contributed by atoms with E-state index in [4.69, 9.17) is 0 Å². The molecule has 3 saturated heterocycles. The fourth-order valence-corrected chi connectivity index (χ4v) is 6.06. The van der Waals surface area contributed by atoms with Crippen molar-refractivity contribution < 1.29 is 9.59 Å². The van der Waals surface area contributed by atoms with Crippen LogP contribution in [0.5, 0.6) is 0 Å². The van der Waals surface area contributed by atoms with Crippen molar-refractivity contribution in [2.45, 2.75) is 37.2 Å². The fraction of sp³-hybridized carbons (Fsp3) is 0.647. The van der Waals surface area contributed by atoms with Gasteiger partial charge in [-0.3, -0.25) is 14.5 Å². The lowest BCUT2D eigenvalue weighted by molar-refractivity contribution is -0.144. The van der Waals surface area contributed by atoms with E-state index >= 15 is 0 Å². The van der Waals surface area contributed by atoms with E-state index in [-0.39, 0.29) is 22.7 Å². The zero-order valence-corrected chi connectivity index (χ0v) is 15.6. The van der Waals surface area contributed by atoms with Gasteiger partial charge in [0.05, 0.1) is 4.87 Å². The molecule has 4 heterocycles. The van der Waals surface area contributed by atoms with Gasteiger partial charge in [-0.05, 0) is 35.7 Å². The first-order chi connectivity index (χ1) is 11.6. The largest absolute Gasteiger partial charge is 0.338 e. The van der Waals surface area contributed by atoms with Crippen molar-refractivity contribution in [1.82, 2.24) is 14.7 Å². The van der Waals surface area contributed by atoms with E-state index < -0.39 is 0 Å². The second kappa shape index (κ2) is 6.35. The summed E-state index contributed by atoms with van der Waals surface area (Å²) < 4.78 is 0. The first-order valence-corrected chi connectivity index (χ1v) is 10.5. The van der Waals surface area contributed by atoms with E-state index in [1.165, 1.54) is 5.56 Å². The van der Waals surface area contributed by atoms with E-state index in [0.717, 1.165) is 44.9 Å². The maximum atomic E-state index is 13.0. The van der Waals surface area contributed by atoms with Crippen molar-refractivity contribution in [3.63, 3.8) is 0 Å². The highest BCUT2D eigenvalue weighted by Crippen LogP contribution is 2.47. The number of nitrogens with zero attached hydrogens (tertiary/aromatic N) is 3. The molecule has 130 valence electrons. The van der Waals surface area contributed by atoms with Crippen LogP contribution in [0.2, 0.25) is 0 Å². The normalized spacial score (nSPS) is 30.9. The van der Waals surface area contributed by atoms with Crippen LogP contribution in [0.1, 0.15) is 25.3 Å². The summed E-state index contributed by atoms with van der Waals surface area (Å²) >= 11 is 3.50. The van der Waals surface area contributed by atoms with Crippen LogP contribution in [0, 0.1) is 0 Å². The van der Waals surface area contributed by atoms with Crippen LogP contribution in [0.4, 0.5) is 0 Å². The summed E-state index contributed by atoms with van der Waals surface area (Å²) in [6.07, 6.45) is 1.45. The van der Waals surface area contributed by atoms with Gasteiger partial charge in [0.25, 0.3) is 0 Å². The molecule has 0 spiro atoms. The van der Waals surface area contributed by atoms with E-state index in [9.17, 15) is 9.59 Å². The minimum Gasteiger partial charge on any atom is -0.338 e. The summed E-state index contributed by atoms with van der Waals surface area (Å²) in [5, 5.41) is 4.30. The van der Waals surface area contributed by atoms with Gasteiger partial charge in [0.2, 0.25) is 11.8 Å². The van der Waals surface area contributed by atoms with Gasteiger partial charge in [-0.25, -0.2) is 0 Å². The third-order valence-electron chi connectivity index (χ3n) is 5.40. The lowest BCUT2D eigenvalue weighted by atomic mass is 10.2. The number of hydrogen-bond donors (Lipinski definition) is 0. The molecule has 3 aliphatic heterocycles. The first kappa shape index (κ1) is 16.4. The zero-order valence-electron chi connectivity index (χ0n) is 13.9. The van der Waals surface area contributed by atoms with Gasteiger partial charge in [-0.15, -0.1) is 11.8 Å². The predicted molar refractivity (Wildman–Crippen MR) is 96.9 cm³/mol. The molecule has 0 aromatic carbocycles. The Kier molecular flexibility index (Phi) is 4.34. The van der Waals surface area contributed by atoms with Gasteiger partial charge < -0.3 is 9.80 Å². The molecule has 0 radical (unpaired) electrons. The third kappa shape index (κ3) is 2.86. The summed E-state index contributed by atoms with van der Waals surface area (Å²) in [6.45, 7) is 6.42. The molecule has 3 aliphatic rings. The molecule has 7 heteroatoms. The number of piperazine rings is 1. The van der Waals surface area contributed by atoms with Crippen molar-refractivity contribution in [3.8, 4) is 0 Å². The van der Waals surface area contributed by atoms with Gasteiger partial charge in [-0.1, -0.05) is 0 Å². The van der Waals surface area contributed by atoms with Crippen molar-refractivity contribution in [2.75, 3.05) is 31.9 Å². The van der Waals surface area contributed by atoms with Crippen molar-refractivity contribution in [2.24, 2.45) is 0 Å². The molecule has 1 aromatic rings. The number of hydrogen-bond acceptors (Lipinski definition) is 5. The van der Waals surface area contributed by atoms with Gasteiger partial charge in [-0.2, -0.15) is 11.3 Å². The first-order valence-electron chi connectivity index (χ1n) is 8.55. The van der Waals surface area contributed by atoms with Gasteiger partial charge in [0, 0.05) is 44.9 Å². The number of amides is 2. The summed E-state index contributed by atoms with van der Waals surface area (Å²) in [7, 11) is 0. The molecular formula is C17H23N3O2S2. The lowest BCUT2D eigenvalue weighted by Gasteiger charge is -2.38. The number of fused-ring (bicyclic) bond motifs is 1. The highest BCUT2D eigenvalue weighted by atomic mass is 32.2. The standard InChI is InChI=1S/C17H23N3O2S2/c1-17-4-2-15(21)20(17)14(12-24-17)16(22)19-7-5-18(6-8-19)10-13-3-9-23-11-13/h3,9,11,14H,2,4-8,10,12H2,1H3/t14-,17-/m1/s1. The van der Waals surface area contributed by atoms with Crippen molar-refractivity contribution in [3.05, 3.63) is 22.4 Å². The Labute approximate surface area is 151 Å². The molecule has 5 nitrogen and oxygen atoms in total. The van der Waals surface area contributed by atoms with Crippen LogP contribution >= 0.6 is 23.1 Å². The Balaban J connectivity index is 1.36. The van der Waals surface area contributed by atoms with Crippen molar-refractivity contribution >= 4 is 34.9 Å². The van der Waals surface area contributed by atoms with E-state index in [1.807, 2.05) is 9.80 Å². The molecule has 2 atom stereocenters. The Bertz CT molecular complexity index is 628. The third-order valence-corrected chi connectivity index (χ3v) is 7.64. The number of thiophene rings is 1. The molecule has 4 rings (SSSR count). The average Bonchev–Trinajstić information content (AvgIpc) is 3.26. The van der Waals surface area contributed by atoms with Crippen LogP contribution in [0.3, 0.4) is 0 Å². The Morgan fingerprint density at radius 2 is 2.12 bits per heavy atom. The van der Waals surface area contributed by atoms with Crippen LogP contribution in [0.25, 0.3) is 0 Å². The summed E-state index contributed by atoms with van der Waals surface area (Å²) in [6, 6.07) is 1.91. The maximum absolute atomic E-state index is 13.0. The van der Waals surface area contributed by atoms with E-state index in [0.29, 0.717) is 6.42 Å². The van der Waals surface area contributed by atoms with Crippen LogP contribution in [-0.4, -0.2) is 69.4 Å². The summed E-state index contributed by atoms with van der Waals surface area (Å²) in [4.78, 5) is 31.3. The second-order valence-corrected chi connectivity index (χ2v) is 9.28. The number of thioether (sulfide) groups is 1. The summed E-state index contributed by atoms with van der Waals surface area (Å²) in [5.74, 6) is 1.05. The molecule has 0 unspecified atom stereocenters. The second-order valence-electron chi connectivity index (χ2n) is 7.00. The number of rotatable bonds is 3. The van der Waals surface area contributed by atoms with Gasteiger partial charge >= 0.3 is 0 Å². The number of carbonyl (C=O) groups excluding carboxylic acids is 2. The maximum Gasteiger partial charge on any atom is 0.246 e. The SMILES string of the molecule is C[C@@]12CCC(=O)N1[C@@H](C(=O)N1CCN(Cc3ccsc3)CC1)CS2. The molecule has 0 N–H and O–H groups in total. The summed E-state index contributed by atoms with van der Waals surface area (Å²) in [5.41, 5.74) is 1.35. The molecular weight excluding hydrogens is 342 g/mol. The van der Waals surface area contributed by atoms with Crippen LogP contribution < -0.4 is 0 Å².